The Labute approximate surface area is 133 Å². The van der Waals surface area contributed by atoms with E-state index < -0.39 is 0 Å². The summed E-state index contributed by atoms with van der Waals surface area (Å²) in [5.41, 5.74) is 0.981. The number of hydrogen-bond donors (Lipinski definition) is 1. The molecule has 0 saturated carbocycles. The van der Waals surface area contributed by atoms with Gasteiger partial charge in [-0.2, -0.15) is 0 Å². The SMILES string of the molecule is O=C(NCCCN1CCCC1=O)c1c(Cl)nc2ccccn12. The average molecular weight is 321 g/mol. The third kappa shape index (κ3) is 2.92. The molecule has 7 heteroatoms. The van der Waals surface area contributed by atoms with Gasteiger partial charge >= 0.3 is 0 Å². The van der Waals surface area contributed by atoms with Crippen LogP contribution in [-0.2, 0) is 4.79 Å². The van der Waals surface area contributed by atoms with E-state index in [1.807, 2.05) is 17.0 Å². The zero-order valence-corrected chi connectivity index (χ0v) is 12.8. The first kappa shape index (κ1) is 14.8. The molecule has 3 heterocycles. The van der Waals surface area contributed by atoms with Crippen molar-refractivity contribution in [2.75, 3.05) is 19.6 Å². The first-order chi connectivity index (χ1) is 10.7. The molecule has 3 rings (SSSR count). The first-order valence-electron chi connectivity index (χ1n) is 7.35. The number of nitrogens with zero attached hydrogens (tertiary/aromatic N) is 3. The molecule has 0 aliphatic carbocycles. The second-order valence-electron chi connectivity index (χ2n) is 5.27. The predicted octanol–water partition coefficient (Wildman–Crippen LogP) is 1.73. The molecule has 1 N–H and O–H groups in total. The minimum atomic E-state index is -0.253. The Kier molecular flexibility index (Phi) is 4.29. The molecule has 0 radical (unpaired) electrons. The number of halogens is 1. The summed E-state index contributed by atoms with van der Waals surface area (Å²) in [6.07, 6.45) is 4.06. The van der Waals surface area contributed by atoms with Gasteiger partial charge in [0.05, 0.1) is 0 Å². The fourth-order valence-electron chi connectivity index (χ4n) is 2.67. The summed E-state index contributed by atoms with van der Waals surface area (Å²) in [5, 5.41) is 3.03. The van der Waals surface area contributed by atoms with Crippen LogP contribution in [0.25, 0.3) is 5.65 Å². The number of rotatable bonds is 5. The van der Waals surface area contributed by atoms with Crippen LogP contribution in [0.2, 0.25) is 5.15 Å². The van der Waals surface area contributed by atoms with Crippen molar-refractivity contribution in [1.29, 1.82) is 0 Å². The second kappa shape index (κ2) is 6.36. The Hall–Kier alpha value is -2.08. The summed E-state index contributed by atoms with van der Waals surface area (Å²) in [6.45, 7) is 2.00. The van der Waals surface area contributed by atoms with E-state index in [1.54, 1.807) is 16.7 Å². The van der Waals surface area contributed by atoms with Crippen molar-refractivity contribution < 1.29 is 9.59 Å². The van der Waals surface area contributed by atoms with Crippen molar-refractivity contribution in [1.82, 2.24) is 19.6 Å². The lowest BCUT2D eigenvalue weighted by Crippen LogP contribution is -2.31. The molecule has 1 aliphatic rings. The molecular weight excluding hydrogens is 304 g/mol. The molecule has 1 aliphatic heterocycles. The Balaban J connectivity index is 1.57. The quantitative estimate of drug-likeness (QED) is 0.853. The lowest BCUT2D eigenvalue weighted by Gasteiger charge is -2.15. The largest absolute Gasteiger partial charge is 0.351 e. The summed E-state index contributed by atoms with van der Waals surface area (Å²) >= 11 is 6.05. The number of amides is 2. The number of carbonyl (C=O) groups excluding carboxylic acids is 2. The fraction of sp³-hybridized carbons (Fsp3) is 0.400. The fourth-order valence-corrected chi connectivity index (χ4v) is 2.93. The number of fused-ring (bicyclic) bond motifs is 1. The van der Waals surface area contributed by atoms with Crippen LogP contribution in [0.15, 0.2) is 24.4 Å². The number of hydrogen-bond acceptors (Lipinski definition) is 3. The van der Waals surface area contributed by atoms with E-state index in [2.05, 4.69) is 10.3 Å². The molecule has 116 valence electrons. The summed E-state index contributed by atoms with van der Waals surface area (Å²) in [4.78, 5) is 29.7. The monoisotopic (exact) mass is 320 g/mol. The molecule has 0 spiro atoms. The van der Waals surface area contributed by atoms with Crippen molar-refractivity contribution in [2.45, 2.75) is 19.3 Å². The van der Waals surface area contributed by atoms with Gasteiger partial charge < -0.3 is 10.2 Å². The highest BCUT2D eigenvalue weighted by Gasteiger charge is 2.20. The number of aromatic nitrogens is 2. The molecule has 2 aromatic heterocycles. The van der Waals surface area contributed by atoms with Crippen LogP contribution in [0, 0.1) is 0 Å². The highest BCUT2D eigenvalue weighted by Crippen LogP contribution is 2.17. The molecule has 22 heavy (non-hydrogen) atoms. The molecule has 1 fully saturated rings. The van der Waals surface area contributed by atoms with Crippen molar-refractivity contribution in [3.05, 3.63) is 35.2 Å². The van der Waals surface area contributed by atoms with Gasteiger partial charge in [-0.05, 0) is 25.0 Å². The van der Waals surface area contributed by atoms with Crippen LogP contribution < -0.4 is 5.32 Å². The van der Waals surface area contributed by atoms with Gasteiger partial charge in [-0.25, -0.2) is 4.98 Å². The van der Waals surface area contributed by atoms with Gasteiger partial charge in [0, 0.05) is 32.3 Å². The van der Waals surface area contributed by atoms with Gasteiger partial charge in [0.15, 0.2) is 10.8 Å². The maximum Gasteiger partial charge on any atom is 0.271 e. The highest BCUT2D eigenvalue weighted by molar-refractivity contribution is 6.32. The van der Waals surface area contributed by atoms with Gasteiger partial charge in [-0.15, -0.1) is 0 Å². The van der Waals surface area contributed by atoms with E-state index in [1.165, 1.54) is 0 Å². The summed E-state index contributed by atoms with van der Waals surface area (Å²) < 4.78 is 1.67. The zero-order valence-electron chi connectivity index (χ0n) is 12.1. The smallest absolute Gasteiger partial charge is 0.271 e. The van der Waals surface area contributed by atoms with Crippen LogP contribution in [0.5, 0.6) is 0 Å². The molecular formula is C15H17ClN4O2. The number of likely N-dealkylation sites (tertiary alicyclic amines) is 1. The van der Waals surface area contributed by atoms with Gasteiger partial charge in [0.1, 0.15) is 5.65 Å². The number of carbonyl (C=O) groups is 2. The van der Waals surface area contributed by atoms with E-state index >= 15 is 0 Å². The predicted molar refractivity (Wildman–Crippen MR) is 83.0 cm³/mol. The normalized spacial score (nSPS) is 14.8. The number of nitrogens with one attached hydrogen (secondary N) is 1. The Bertz CT molecular complexity index is 713. The van der Waals surface area contributed by atoms with Crippen molar-refractivity contribution in [2.24, 2.45) is 0 Å². The first-order valence-corrected chi connectivity index (χ1v) is 7.73. The highest BCUT2D eigenvalue weighted by atomic mass is 35.5. The lowest BCUT2D eigenvalue weighted by atomic mass is 10.3. The number of pyridine rings is 1. The molecule has 2 amide bonds. The molecule has 0 bridgehead atoms. The van der Waals surface area contributed by atoms with E-state index in [9.17, 15) is 9.59 Å². The minimum absolute atomic E-state index is 0.193. The number of imidazole rings is 1. The van der Waals surface area contributed by atoms with Crippen LogP contribution in [0.4, 0.5) is 0 Å². The zero-order chi connectivity index (χ0) is 15.5. The van der Waals surface area contributed by atoms with Crippen LogP contribution in [-0.4, -0.2) is 45.7 Å². The summed E-state index contributed by atoms with van der Waals surface area (Å²) in [6, 6.07) is 5.45. The molecule has 0 atom stereocenters. The summed E-state index contributed by atoms with van der Waals surface area (Å²) in [5.74, 6) is -0.0485. The average Bonchev–Trinajstić information content (AvgIpc) is 3.05. The Morgan fingerprint density at radius 1 is 1.41 bits per heavy atom. The maximum absolute atomic E-state index is 12.3. The van der Waals surface area contributed by atoms with E-state index in [0.29, 0.717) is 30.9 Å². The van der Waals surface area contributed by atoms with E-state index in [4.69, 9.17) is 11.6 Å². The van der Waals surface area contributed by atoms with Gasteiger partial charge in [-0.3, -0.25) is 14.0 Å². The summed E-state index contributed by atoms with van der Waals surface area (Å²) in [7, 11) is 0. The van der Waals surface area contributed by atoms with Gasteiger partial charge in [0.2, 0.25) is 5.91 Å². The lowest BCUT2D eigenvalue weighted by molar-refractivity contribution is -0.127. The second-order valence-corrected chi connectivity index (χ2v) is 5.63. The molecule has 2 aromatic rings. The third-order valence-electron chi connectivity index (χ3n) is 3.76. The minimum Gasteiger partial charge on any atom is -0.351 e. The molecule has 0 aromatic carbocycles. The topological polar surface area (TPSA) is 66.7 Å². The maximum atomic E-state index is 12.3. The Morgan fingerprint density at radius 3 is 3.05 bits per heavy atom. The third-order valence-corrected chi connectivity index (χ3v) is 4.03. The molecule has 6 nitrogen and oxygen atoms in total. The van der Waals surface area contributed by atoms with E-state index in [0.717, 1.165) is 19.4 Å². The molecule has 0 unspecified atom stereocenters. The van der Waals surface area contributed by atoms with Crippen LogP contribution in [0.3, 0.4) is 0 Å². The van der Waals surface area contributed by atoms with E-state index in [-0.39, 0.29) is 17.0 Å². The standard InChI is InChI=1S/C15H17ClN4O2/c16-14-13(20-10-2-1-5-11(20)18-14)15(22)17-7-4-9-19-8-3-6-12(19)21/h1-2,5,10H,3-4,6-9H2,(H,17,22). The van der Waals surface area contributed by atoms with Crippen molar-refractivity contribution >= 4 is 29.1 Å². The van der Waals surface area contributed by atoms with Crippen molar-refractivity contribution in [3.63, 3.8) is 0 Å². The van der Waals surface area contributed by atoms with Crippen LogP contribution >= 0.6 is 11.6 Å². The van der Waals surface area contributed by atoms with Gasteiger partial charge in [-0.1, -0.05) is 17.7 Å². The van der Waals surface area contributed by atoms with Crippen molar-refractivity contribution in [3.8, 4) is 0 Å². The Morgan fingerprint density at radius 2 is 2.27 bits per heavy atom. The van der Waals surface area contributed by atoms with Crippen LogP contribution in [0.1, 0.15) is 29.8 Å². The molecule has 1 saturated heterocycles. The van der Waals surface area contributed by atoms with Gasteiger partial charge in [0.25, 0.3) is 5.91 Å².